The molecule has 0 bridgehead atoms. The summed E-state index contributed by atoms with van der Waals surface area (Å²) in [7, 11) is 1.66. The highest BCUT2D eigenvalue weighted by molar-refractivity contribution is 7.13. The second-order valence-electron chi connectivity index (χ2n) is 4.41. The number of amides is 1. The molecule has 116 valence electrons. The molecule has 2 heterocycles. The molecule has 0 radical (unpaired) electrons. The molecular formula is C13H15N5O3S. The van der Waals surface area contributed by atoms with E-state index in [1.165, 1.54) is 16.2 Å². The molecule has 0 aliphatic rings. The van der Waals surface area contributed by atoms with Crippen LogP contribution in [0.2, 0.25) is 0 Å². The predicted octanol–water partition coefficient (Wildman–Crippen LogP) is 0.860. The number of anilines is 2. The number of esters is 1. The molecule has 22 heavy (non-hydrogen) atoms. The highest BCUT2D eigenvalue weighted by atomic mass is 32.1. The number of ether oxygens (including phenoxy) is 1. The molecule has 0 saturated heterocycles. The third-order valence-corrected chi connectivity index (χ3v) is 3.37. The minimum atomic E-state index is -0.541. The van der Waals surface area contributed by atoms with Gasteiger partial charge in [-0.3, -0.25) is 14.9 Å². The molecule has 0 atom stereocenters. The van der Waals surface area contributed by atoms with Crippen LogP contribution in [0.25, 0.3) is 0 Å². The van der Waals surface area contributed by atoms with Crippen molar-refractivity contribution in [2.75, 3.05) is 30.4 Å². The zero-order chi connectivity index (χ0) is 15.9. The summed E-state index contributed by atoms with van der Waals surface area (Å²) in [5.41, 5.74) is 0.821. The molecule has 2 aromatic rings. The normalized spacial score (nSPS) is 10.1. The Hall–Kier alpha value is -2.55. The largest absolute Gasteiger partial charge is 0.454 e. The van der Waals surface area contributed by atoms with E-state index < -0.39 is 11.9 Å². The smallest absolute Gasteiger partial charge is 0.326 e. The summed E-state index contributed by atoms with van der Waals surface area (Å²) in [6.07, 6.45) is 3.15. The van der Waals surface area contributed by atoms with Crippen molar-refractivity contribution in [3.8, 4) is 0 Å². The summed E-state index contributed by atoms with van der Waals surface area (Å²) in [6, 6.07) is 1.68. The van der Waals surface area contributed by atoms with Gasteiger partial charge in [0.05, 0.1) is 5.69 Å². The lowest BCUT2D eigenvalue weighted by atomic mass is 10.5. The fraction of sp³-hybridized carbons (Fsp3) is 0.308. The van der Waals surface area contributed by atoms with Gasteiger partial charge >= 0.3 is 5.97 Å². The SMILES string of the molecule is Cc1csc(NC(=O)COC(=O)CN(C)c2ncccn2)n1. The summed E-state index contributed by atoms with van der Waals surface area (Å²) >= 11 is 1.31. The molecule has 2 rings (SSSR count). The summed E-state index contributed by atoms with van der Waals surface area (Å²) < 4.78 is 4.90. The van der Waals surface area contributed by atoms with Crippen LogP contribution in [0.15, 0.2) is 23.8 Å². The molecule has 0 fully saturated rings. The lowest BCUT2D eigenvalue weighted by molar-refractivity contribution is -0.145. The first-order valence-corrected chi connectivity index (χ1v) is 7.28. The van der Waals surface area contributed by atoms with Crippen molar-refractivity contribution in [1.82, 2.24) is 15.0 Å². The second-order valence-corrected chi connectivity index (χ2v) is 5.27. The fourth-order valence-corrected chi connectivity index (χ4v) is 2.22. The van der Waals surface area contributed by atoms with Gasteiger partial charge in [0.15, 0.2) is 11.7 Å². The lowest BCUT2D eigenvalue weighted by Gasteiger charge is -2.15. The Kier molecular flexibility index (Phi) is 5.37. The summed E-state index contributed by atoms with van der Waals surface area (Å²) in [5, 5.41) is 4.85. The van der Waals surface area contributed by atoms with Crippen LogP contribution in [0.4, 0.5) is 11.1 Å². The molecule has 0 aliphatic carbocycles. The van der Waals surface area contributed by atoms with E-state index in [9.17, 15) is 9.59 Å². The van der Waals surface area contributed by atoms with Gasteiger partial charge < -0.3 is 9.64 Å². The minimum Gasteiger partial charge on any atom is -0.454 e. The van der Waals surface area contributed by atoms with Crippen molar-refractivity contribution in [3.05, 3.63) is 29.5 Å². The average Bonchev–Trinajstić information content (AvgIpc) is 2.91. The maximum Gasteiger partial charge on any atom is 0.326 e. The Morgan fingerprint density at radius 2 is 2.09 bits per heavy atom. The summed E-state index contributed by atoms with van der Waals surface area (Å²) in [6.45, 7) is 1.42. The van der Waals surface area contributed by atoms with Gasteiger partial charge in [0.25, 0.3) is 5.91 Å². The van der Waals surface area contributed by atoms with Crippen molar-refractivity contribution in [1.29, 1.82) is 0 Å². The van der Waals surface area contributed by atoms with Gasteiger partial charge in [0, 0.05) is 24.8 Å². The van der Waals surface area contributed by atoms with E-state index in [2.05, 4.69) is 20.3 Å². The number of thiazole rings is 1. The molecule has 0 unspecified atom stereocenters. The quantitative estimate of drug-likeness (QED) is 0.788. The maximum atomic E-state index is 11.7. The standard InChI is InChI=1S/C13H15N5O3S/c1-9-8-22-13(16-9)17-10(19)7-21-11(20)6-18(2)12-14-4-3-5-15-12/h3-5,8H,6-7H2,1-2H3,(H,16,17,19). The number of hydrogen-bond acceptors (Lipinski definition) is 8. The number of likely N-dealkylation sites (N-methyl/N-ethyl adjacent to an activating group) is 1. The van der Waals surface area contributed by atoms with E-state index in [-0.39, 0.29) is 13.2 Å². The molecule has 0 aliphatic heterocycles. The Labute approximate surface area is 131 Å². The molecular weight excluding hydrogens is 306 g/mol. The van der Waals surface area contributed by atoms with Crippen LogP contribution in [0.3, 0.4) is 0 Å². The average molecular weight is 321 g/mol. The highest BCUT2D eigenvalue weighted by Crippen LogP contribution is 2.13. The van der Waals surface area contributed by atoms with Crippen LogP contribution in [-0.4, -0.2) is 47.0 Å². The topological polar surface area (TPSA) is 97.3 Å². The third kappa shape index (κ3) is 4.77. The first-order valence-electron chi connectivity index (χ1n) is 6.40. The summed E-state index contributed by atoms with van der Waals surface area (Å²) in [5.74, 6) is -0.566. The zero-order valence-corrected chi connectivity index (χ0v) is 13.0. The van der Waals surface area contributed by atoms with E-state index in [1.807, 2.05) is 12.3 Å². The highest BCUT2D eigenvalue weighted by Gasteiger charge is 2.13. The number of aromatic nitrogens is 3. The van der Waals surface area contributed by atoms with Crippen molar-refractivity contribution < 1.29 is 14.3 Å². The summed E-state index contributed by atoms with van der Waals surface area (Å²) in [4.78, 5) is 36.9. The second kappa shape index (κ2) is 7.46. The van der Waals surface area contributed by atoms with E-state index in [0.717, 1.165) is 5.69 Å². The van der Waals surface area contributed by atoms with Crippen LogP contribution >= 0.6 is 11.3 Å². The van der Waals surface area contributed by atoms with Gasteiger partial charge in [-0.25, -0.2) is 15.0 Å². The molecule has 0 spiro atoms. The fourth-order valence-electron chi connectivity index (χ4n) is 1.51. The third-order valence-electron chi connectivity index (χ3n) is 2.49. The number of nitrogens with one attached hydrogen (secondary N) is 1. The van der Waals surface area contributed by atoms with Crippen molar-refractivity contribution in [2.24, 2.45) is 0 Å². The maximum absolute atomic E-state index is 11.7. The molecule has 1 amide bonds. The molecule has 0 saturated carbocycles. The van der Waals surface area contributed by atoms with Crippen LogP contribution in [0, 0.1) is 6.92 Å². The van der Waals surface area contributed by atoms with Gasteiger partial charge in [-0.1, -0.05) is 0 Å². The molecule has 0 aromatic carbocycles. The van der Waals surface area contributed by atoms with E-state index >= 15 is 0 Å². The molecule has 8 nitrogen and oxygen atoms in total. The van der Waals surface area contributed by atoms with Gasteiger partial charge in [-0.15, -0.1) is 11.3 Å². The first kappa shape index (κ1) is 15.8. The number of hydrogen-bond donors (Lipinski definition) is 1. The number of nitrogens with zero attached hydrogens (tertiary/aromatic N) is 4. The van der Waals surface area contributed by atoms with Crippen molar-refractivity contribution >= 4 is 34.3 Å². The van der Waals surface area contributed by atoms with Gasteiger partial charge in [0.1, 0.15) is 6.54 Å². The van der Waals surface area contributed by atoms with Crippen molar-refractivity contribution in [2.45, 2.75) is 6.92 Å². The number of aryl methyl sites for hydroxylation is 1. The molecule has 2 aromatic heterocycles. The van der Waals surface area contributed by atoms with Gasteiger partial charge in [-0.2, -0.15) is 0 Å². The first-order chi connectivity index (χ1) is 10.5. The van der Waals surface area contributed by atoms with Crippen LogP contribution < -0.4 is 10.2 Å². The Morgan fingerprint density at radius 3 is 2.73 bits per heavy atom. The minimum absolute atomic E-state index is 0.0480. The monoisotopic (exact) mass is 321 g/mol. The van der Waals surface area contributed by atoms with Crippen LogP contribution in [0.1, 0.15) is 5.69 Å². The lowest BCUT2D eigenvalue weighted by Crippen LogP contribution is -2.30. The van der Waals surface area contributed by atoms with Gasteiger partial charge in [0.2, 0.25) is 5.95 Å². The van der Waals surface area contributed by atoms with E-state index in [4.69, 9.17) is 4.74 Å². The van der Waals surface area contributed by atoms with Crippen LogP contribution in [0.5, 0.6) is 0 Å². The van der Waals surface area contributed by atoms with E-state index in [0.29, 0.717) is 11.1 Å². The predicted molar refractivity (Wildman–Crippen MR) is 81.7 cm³/mol. The number of carbonyl (C=O) groups is 2. The Bertz CT molecular complexity index is 646. The van der Waals surface area contributed by atoms with Crippen molar-refractivity contribution in [3.63, 3.8) is 0 Å². The molecule has 9 heteroatoms. The number of carbonyl (C=O) groups excluding carboxylic acids is 2. The zero-order valence-electron chi connectivity index (χ0n) is 12.1. The number of rotatable bonds is 6. The van der Waals surface area contributed by atoms with E-state index in [1.54, 1.807) is 25.5 Å². The van der Waals surface area contributed by atoms with Gasteiger partial charge in [-0.05, 0) is 13.0 Å². The van der Waals surface area contributed by atoms with Crippen LogP contribution in [-0.2, 0) is 14.3 Å². The molecule has 1 N–H and O–H groups in total. The Balaban J connectivity index is 1.74. The Morgan fingerprint density at radius 1 is 1.36 bits per heavy atom.